The summed E-state index contributed by atoms with van der Waals surface area (Å²) >= 11 is 2.06. The maximum absolute atomic E-state index is 12.0. The molecular weight excluding hydrogens is 405 g/mol. The Labute approximate surface area is 149 Å². The summed E-state index contributed by atoms with van der Waals surface area (Å²) in [6.45, 7) is 3.87. The molecule has 4 nitrogen and oxygen atoms in total. The molecule has 5 heteroatoms. The maximum atomic E-state index is 12.0. The standard InChI is InChI=1S/C18H18INO3/c1-12(2)13-6-5-7-14(10-13)20-17(21)11-23-18(22)15-8-3-4-9-16(15)19/h3-10,12H,11H2,1-2H3,(H,20,21). The van der Waals surface area contributed by atoms with E-state index in [1.807, 2.05) is 36.4 Å². The highest BCUT2D eigenvalue weighted by molar-refractivity contribution is 14.1. The second-order valence-corrected chi connectivity index (χ2v) is 6.55. The van der Waals surface area contributed by atoms with Gasteiger partial charge >= 0.3 is 5.97 Å². The van der Waals surface area contributed by atoms with E-state index < -0.39 is 5.97 Å². The Hall–Kier alpha value is -1.89. The molecule has 0 aliphatic heterocycles. The van der Waals surface area contributed by atoms with Crippen molar-refractivity contribution in [3.05, 3.63) is 63.2 Å². The van der Waals surface area contributed by atoms with Crippen molar-refractivity contribution in [1.29, 1.82) is 0 Å². The zero-order valence-electron chi connectivity index (χ0n) is 13.0. The maximum Gasteiger partial charge on any atom is 0.339 e. The number of amides is 1. The fourth-order valence-corrected chi connectivity index (χ4v) is 2.62. The number of hydrogen-bond donors (Lipinski definition) is 1. The number of anilines is 1. The van der Waals surface area contributed by atoms with Gasteiger partial charge in [0.25, 0.3) is 5.91 Å². The largest absolute Gasteiger partial charge is 0.452 e. The molecule has 1 N–H and O–H groups in total. The van der Waals surface area contributed by atoms with Crippen LogP contribution in [0.15, 0.2) is 48.5 Å². The molecular formula is C18H18INO3. The zero-order valence-corrected chi connectivity index (χ0v) is 15.2. The van der Waals surface area contributed by atoms with E-state index in [2.05, 4.69) is 41.8 Å². The van der Waals surface area contributed by atoms with Crippen LogP contribution in [-0.2, 0) is 9.53 Å². The van der Waals surface area contributed by atoms with E-state index in [1.54, 1.807) is 12.1 Å². The SMILES string of the molecule is CC(C)c1cccc(NC(=O)COC(=O)c2ccccc2I)c1. The van der Waals surface area contributed by atoms with Crippen LogP contribution in [0.2, 0.25) is 0 Å². The monoisotopic (exact) mass is 423 g/mol. The molecule has 0 bridgehead atoms. The van der Waals surface area contributed by atoms with Crippen LogP contribution >= 0.6 is 22.6 Å². The van der Waals surface area contributed by atoms with Gasteiger partial charge in [0.05, 0.1) is 5.56 Å². The van der Waals surface area contributed by atoms with Crippen molar-refractivity contribution in [3.63, 3.8) is 0 Å². The van der Waals surface area contributed by atoms with Gasteiger partial charge in [0, 0.05) is 9.26 Å². The van der Waals surface area contributed by atoms with E-state index in [1.165, 1.54) is 0 Å². The summed E-state index contributed by atoms with van der Waals surface area (Å²) in [4.78, 5) is 23.9. The summed E-state index contributed by atoms with van der Waals surface area (Å²) in [7, 11) is 0. The average Bonchev–Trinajstić information content (AvgIpc) is 2.53. The molecule has 2 aromatic rings. The minimum atomic E-state index is -0.499. The molecule has 1 amide bonds. The Kier molecular flexibility index (Phi) is 6.15. The van der Waals surface area contributed by atoms with Crippen molar-refractivity contribution in [2.45, 2.75) is 19.8 Å². The molecule has 0 saturated carbocycles. The number of ether oxygens (including phenoxy) is 1. The molecule has 0 radical (unpaired) electrons. The number of carbonyl (C=O) groups excluding carboxylic acids is 2. The minimum absolute atomic E-state index is 0.310. The topological polar surface area (TPSA) is 55.4 Å². The lowest BCUT2D eigenvalue weighted by atomic mass is 10.0. The van der Waals surface area contributed by atoms with Crippen LogP contribution in [-0.4, -0.2) is 18.5 Å². The van der Waals surface area contributed by atoms with Gasteiger partial charge in [0.15, 0.2) is 6.61 Å². The van der Waals surface area contributed by atoms with E-state index in [4.69, 9.17) is 4.74 Å². The van der Waals surface area contributed by atoms with Gasteiger partial charge in [-0.2, -0.15) is 0 Å². The van der Waals surface area contributed by atoms with E-state index in [9.17, 15) is 9.59 Å². The normalized spacial score (nSPS) is 10.4. The summed E-state index contributed by atoms with van der Waals surface area (Å²) in [6.07, 6.45) is 0. The van der Waals surface area contributed by atoms with Gasteiger partial charge in [-0.1, -0.05) is 38.1 Å². The molecule has 120 valence electrons. The number of benzene rings is 2. The van der Waals surface area contributed by atoms with E-state index in [0.29, 0.717) is 17.2 Å². The third kappa shape index (κ3) is 5.06. The average molecular weight is 423 g/mol. The fraction of sp³-hybridized carbons (Fsp3) is 0.222. The highest BCUT2D eigenvalue weighted by Gasteiger charge is 2.13. The Morgan fingerprint density at radius 3 is 2.57 bits per heavy atom. The van der Waals surface area contributed by atoms with Gasteiger partial charge in [0.1, 0.15) is 0 Å². The van der Waals surface area contributed by atoms with Crippen molar-refractivity contribution in [2.75, 3.05) is 11.9 Å². The van der Waals surface area contributed by atoms with Crippen molar-refractivity contribution in [2.24, 2.45) is 0 Å². The minimum Gasteiger partial charge on any atom is -0.452 e. The smallest absolute Gasteiger partial charge is 0.339 e. The summed E-state index contributed by atoms with van der Waals surface area (Å²) < 4.78 is 5.86. The van der Waals surface area contributed by atoms with Crippen molar-refractivity contribution < 1.29 is 14.3 Å². The molecule has 0 fully saturated rings. The zero-order chi connectivity index (χ0) is 16.8. The van der Waals surface area contributed by atoms with Crippen LogP contribution in [0, 0.1) is 3.57 Å². The number of nitrogens with one attached hydrogen (secondary N) is 1. The molecule has 2 rings (SSSR count). The van der Waals surface area contributed by atoms with Crippen molar-refractivity contribution >= 4 is 40.2 Å². The Morgan fingerprint density at radius 2 is 1.87 bits per heavy atom. The second-order valence-electron chi connectivity index (χ2n) is 5.38. The molecule has 0 heterocycles. The van der Waals surface area contributed by atoms with Gasteiger partial charge in [0.2, 0.25) is 0 Å². The lowest BCUT2D eigenvalue weighted by Gasteiger charge is -2.10. The molecule has 0 aliphatic rings. The van der Waals surface area contributed by atoms with Crippen LogP contribution in [0.5, 0.6) is 0 Å². The quantitative estimate of drug-likeness (QED) is 0.579. The summed E-state index contributed by atoms with van der Waals surface area (Å²) in [5.41, 5.74) is 2.30. The molecule has 0 aromatic heterocycles. The number of halogens is 1. The Balaban J connectivity index is 1.92. The third-order valence-corrected chi connectivity index (χ3v) is 4.21. The van der Waals surface area contributed by atoms with Crippen LogP contribution in [0.3, 0.4) is 0 Å². The van der Waals surface area contributed by atoms with Gasteiger partial charge in [-0.05, 0) is 58.3 Å². The van der Waals surface area contributed by atoms with E-state index in [-0.39, 0.29) is 12.5 Å². The van der Waals surface area contributed by atoms with E-state index >= 15 is 0 Å². The molecule has 0 saturated heterocycles. The van der Waals surface area contributed by atoms with Crippen LogP contribution < -0.4 is 5.32 Å². The third-order valence-electron chi connectivity index (χ3n) is 3.27. The Bertz CT molecular complexity index is 713. The second kappa shape index (κ2) is 8.10. The highest BCUT2D eigenvalue weighted by Crippen LogP contribution is 2.18. The first-order chi connectivity index (χ1) is 11.0. The molecule has 2 aromatic carbocycles. The van der Waals surface area contributed by atoms with Gasteiger partial charge in [-0.25, -0.2) is 4.79 Å². The van der Waals surface area contributed by atoms with Crippen LogP contribution in [0.25, 0.3) is 0 Å². The molecule has 0 spiro atoms. The lowest BCUT2D eigenvalue weighted by Crippen LogP contribution is -2.21. The summed E-state index contributed by atoms with van der Waals surface area (Å²) in [5, 5.41) is 2.74. The number of hydrogen-bond acceptors (Lipinski definition) is 3. The first-order valence-electron chi connectivity index (χ1n) is 7.29. The summed E-state index contributed by atoms with van der Waals surface area (Å²) in [5.74, 6) is -0.476. The predicted octanol–water partition coefficient (Wildman–Crippen LogP) is 4.21. The first-order valence-corrected chi connectivity index (χ1v) is 8.36. The van der Waals surface area contributed by atoms with Crippen molar-refractivity contribution in [1.82, 2.24) is 0 Å². The van der Waals surface area contributed by atoms with Gasteiger partial charge in [-0.15, -0.1) is 0 Å². The highest BCUT2D eigenvalue weighted by atomic mass is 127. The molecule has 0 aliphatic carbocycles. The van der Waals surface area contributed by atoms with Gasteiger partial charge < -0.3 is 10.1 Å². The first kappa shape index (κ1) is 17.5. The molecule has 23 heavy (non-hydrogen) atoms. The fourth-order valence-electron chi connectivity index (χ4n) is 2.01. The number of carbonyl (C=O) groups is 2. The lowest BCUT2D eigenvalue weighted by molar-refractivity contribution is -0.119. The van der Waals surface area contributed by atoms with Crippen LogP contribution in [0.1, 0.15) is 35.7 Å². The Morgan fingerprint density at radius 1 is 1.13 bits per heavy atom. The van der Waals surface area contributed by atoms with Crippen LogP contribution in [0.4, 0.5) is 5.69 Å². The predicted molar refractivity (Wildman–Crippen MR) is 98.6 cm³/mol. The molecule has 0 unspecified atom stereocenters. The van der Waals surface area contributed by atoms with Gasteiger partial charge in [-0.3, -0.25) is 4.79 Å². The summed E-state index contributed by atoms with van der Waals surface area (Å²) in [6, 6.07) is 14.7. The molecule has 0 atom stereocenters. The number of esters is 1. The van der Waals surface area contributed by atoms with Crippen molar-refractivity contribution in [3.8, 4) is 0 Å². The number of rotatable bonds is 5. The van der Waals surface area contributed by atoms with E-state index in [0.717, 1.165) is 9.13 Å².